The molecule has 0 unspecified atom stereocenters. The van der Waals surface area contributed by atoms with Crippen LogP contribution in [-0.2, 0) is 12.8 Å². The fraction of sp³-hybridized carbons (Fsp3) is 0.300. The number of allylic oxidation sites excluding steroid dienone is 2. The lowest BCUT2D eigenvalue weighted by Gasteiger charge is -2.08. The Labute approximate surface area is 123 Å². The Morgan fingerprint density at radius 2 is 1.20 bits per heavy atom. The normalized spacial score (nSPS) is 10.2. The topological polar surface area (TPSA) is 0 Å². The molecule has 0 atom stereocenters. The summed E-state index contributed by atoms with van der Waals surface area (Å²) in [6.45, 7) is 2.23. The van der Waals surface area contributed by atoms with Crippen LogP contribution in [0.2, 0.25) is 0 Å². The van der Waals surface area contributed by atoms with E-state index in [9.17, 15) is 0 Å². The van der Waals surface area contributed by atoms with Crippen molar-refractivity contribution in [2.75, 3.05) is 0 Å². The van der Waals surface area contributed by atoms with Gasteiger partial charge in [0.2, 0.25) is 0 Å². The zero-order chi connectivity index (χ0) is 14.0. The molecule has 0 amide bonds. The first kappa shape index (κ1) is 14.6. The van der Waals surface area contributed by atoms with E-state index in [0.29, 0.717) is 0 Å². The summed E-state index contributed by atoms with van der Waals surface area (Å²) in [5.41, 5.74) is 4.48. The Kier molecular flexibility index (Phi) is 6.10. The Bertz CT molecular complexity index is 463. The number of hydrogen-bond acceptors (Lipinski definition) is 0. The maximum Gasteiger partial charge on any atom is -0.0241 e. The second-order valence-corrected chi connectivity index (χ2v) is 5.24. The molecule has 20 heavy (non-hydrogen) atoms. The fourth-order valence-electron chi connectivity index (χ4n) is 2.52. The van der Waals surface area contributed by atoms with Crippen molar-refractivity contribution in [2.24, 2.45) is 0 Å². The van der Waals surface area contributed by atoms with Crippen LogP contribution in [0.5, 0.6) is 0 Å². The molecule has 0 aliphatic carbocycles. The van der Waals surface area contributed by atoms with Gasteiger partial charge in [-0.15, -0.1) is 0 Å². The molecule has 0 aromatic heterocycles. The molecular formula is C20H24. The number of aryl methyl sites for hydroxylation is 2. The van der Waals surface area contributed by atoms with E-state index >= 15 is 0 Å². The average molecular weight is 264 g/mol. The van der Waals surface area contributed by atoms with Crippen molar-refractivity contribution >= 4 is 0 Å². The van der Waals surface area contributed by atoms with Crippen molar-refractivity contribution in [1.29, 1.82) is 0 Å². The molecule has 2 rings (SSSR count). The predicted molar refractivity (Wildman–Crippen MR) is 87.9 cm³/mol. The molecule has 0 heteroatoms. The second kappa shape index (κ2) is 8.37. The van der Waals surface area contributed by atoms with Gasteiger partial charge in [-0.1, -0.05) is 79.2 Å². The third-order valence-corrected chi connectivity index (χ3v) is 3.65. The minimum atomic E-state index is 1.14. The summed E-state index contributed by atoms with van der Waals surface area (Å²) >= 11 is 0. The standard InChI is InChI=1S/C20H24/c1-2-9-18(14-16-19-10-5-3-6-11-19)15-17-20-12-7-4-8-13-20/h3-13H,2,14-17H2,1H3. The van der Waals surface area contributed by atoms with E-state index in [2.05, 4.69) is 73.7 Å². The third-order valence-electron chi connectivity index (χ3n) is 3.65. The fourth-order valence-corrected chi connectivity index (χ4v) is 2.52. The van der Waals surface area contributed by atoms with Gasteiger partial charge in [-0.05, 0) is 43.2 Å². The summed E-state index contributed by atoms with van der Waals surface area (Å²) < 4.78 is 0. The predicted octanol–water partition coefficient (Wildman–Crippen LogP) is 5.59. The number of rotatable bonds is 7. The highest BCUT2D eigenvalue weighted by Crippen LogP contribution is 2.16. The lowest BCUT2D eigenvalue weighted by Crippen LogP contribution is -1.93. The van der Waals surface area contributed by atoms with Gasteiger partial charge in [0.15, 0.2) is 0 Å². The summed E-state index contributed by atoms with van der Waals surface area (Å²) in [7, 11) is 0. The SMILES string of the molecule is CCC=C(CCc1ccccc1)CCc1ccccc1. The number of benzene rings is 2. The minimum Gasteiger partial charge on any atom is -0.0856 e. The summed E-state index contributed by atoms with van der Waals surface area (Å²) in [6, 6.07) is 21.6. The van der Waals surface area contributed by atoms with Crippen LogP contribution in [0.15, 0.2) is 72.3 Å². The average Bonchev–Trinajstić information content (AvgIpc) is 2.52. The van der Waals surface area contributed by atoms with Crippen molar-refractivity contribution in [3.05, 3.63) is 83.4 Å². The van der Waals surface area contributed by atoms with Gasteiger partial charge < -0.3 is 0 Å². The van der Waals surface area contributed by atoms with Crippen LogP contribution < -0.4 is 0 Å². The second-order valence-electron chi connectivity index (χ2n) is 5.24. The Hall–Kier alpha value is -1.82. The van der Waals surface area contributed by atoms with Gasteiger partial charge in [0, 0.05) is 0 Å². The molecule has 0 saturated heterocycles. The van der Waals surface area contributed by atoms with Crippen LogP contribution in [0.4, 0.5) is 0 Å². The quantitative estimate of drug-likeness (QED) is 0.572. The van der Waals surface area contributed by atoms with Gasteiger partial charge in [0.05, 0.1) is 0 Å². The first-order valence-electron chi connectivity index (χ1n) is 7.64. The summed E-state index contributed by atoms with van der Waals surface area (Å²) in [5, 5.41) is 0. The zero-order valence-corrected chi connectivity index (χ0v) is 12.4. The first-order valence-corrected chi connectivity index (χ1v) is 7.64. The van der Waals surface area contributed by atoms with Crippen molar-refractivity contribution in [3.8, 4) is 0 Å². The summed E-state index contributed by atoms with van der Waals surface area (Å²) in [4.78, 5) is 0. The Balaban J connectivity index is 1.86. The van der Waals surface area contributed by atoms with E-state index < -0.39 is 0 Å². The first-order chi connectivity index (χ1) is 9.88. The summed E-state index contributed by atoms with van der Waals surface area (Å²) in [5.74, 6) is 0. The van der Waals surface area contributed by atoms with E-state index in [1.807, 2.05) is 0 Å². The van der Waals surface area contributed by atoms with Crippen molar-refractivity contribution < 1.29 is 0 Å². The molecule has 0 saturated carbocycles. The molecule has 0 N–H and O–H groups in total. The van der Waals surface area contributed by atoms with Gasteiger partial charge in [-0.2, -0.15) is 0 Å². The molecule has 2 aromatic rings. The zero-order valence-electron chi connectivity index (χ0n) is 12.4. The van der Waals surface area contributed by atoms with Gasteiger partial charge in [0.25, 0.3) is 0 Å². The van der Waals surface area contributed by atoms with Crippen LogP contribution in [0.25, 0.3) is 0 Å². The maximum absolute atomic E-state index is 2.41. The molecule has 0 heterocycles. The van der Waals surface area contributed by atoms with Gasteiger partial charge in [0.1, 0.15) is 0 Å². The van der Waals surface area contributed by atoms with E-state index in [-0.39, 0.29) is 0 Å². The lowest BCUT2D eigenvalue weighted by atomic mass is 9.98. The molecule has 0 spiro atoms. The van der Waals surface area contributed by atoms with E-state index in [4.69, 9.17) is 0 Å². The largest absolute Gasteiger partial charge is 0.0856 e. The minimum absolute atomic E-state index is 1.14. The van der Waals surface area contributed by atoms with Crippen LogP contribution in [0.1, 0.15) is 37.3 Å². The van der Waals surface area contributed by atoms with Crippen molar-refractivity contribution in [2.45, 2.75) is 39.0 Å². The highest BCUT2D eigenvalue weighted by atomic mass is 14.1. The Morgan fingerprint density at radius 3 is 1.60 bits per heavy atom. The highest BCUT2D eigenvalue weighted by Gasteiger charge is 2.00. The highest BCUT2D eigenvalue weighted by molar-refractivity contribution is 5.19. The molecule has 0 bridgehead atoms. The van der Waals surface area contributed by atoms with Crippen LogP contribution in [0, 0.1) is 0 Å². The molecule has 0 aliphatic heterocycles. The molecule has 2 aromatic carbocycles. The van der Waals surface area contributed by atoms with Crippen molar-refractivity contribution in [1.82, 2.24) is 0 Å². The molecule has 0 nitrogen and oxygen atoms in total. The van der Waals surface area contributed by atoms with Crippen molar-refractivity contribution in [3.63, 3.8) is 0 Å². The van der Waals surface area contributed by atoms with Gasteiger partial charge in [-0.25, -0.2) is 0 Å². The third kappa shape index (κ3) is 5.05. The van der Waals surface area contributed by atoms with Gasteiger partial charge >= 0.3 is 0 Å². The van der Waals surface area contributed by atoms with E-state index in [0.717, 1.165) is 19.3 Å². The Morgan fingerprint density at radius 1 is 0.750 bits per heavy atom. The molecule has 0 radical (unpaired) electrons. The molecule has 104 valence electrons. The monoisotopic (exact) mass is 264 g/mol. The number of hydrogen-bond donors (Lipinski definition) is 0. The van der Waals surface area contributed by atoms with E-state index in [1.54, 1.807) is 5.57 Å². The van der Waals surface area contributed by atoms with E-state index in [1.165, 1.54) is 24.0 Å². The smallest absolute Gasteiger partial charge is 0.0241 e. The summed E-state index contributed by atoms with van der Waals surface area (Å²) in [6.07, 6.45) is 8.23. The van der Waals surface area contributed by atoms with Crippen LogP contribution in [-0.4, -0.2) is 0 Å². The molecule has 0 fully saturated rings. The maximum atomic E-state index is 2.41. The van der Waals surface area contributed by atoms with Gasteiger partial charge in [-0.3, -0.25) is 0 Å². The molecular weight excluding hydrogens is 240 g/mol. The van der Waals surface area contributed by atoms with Crippen LogP contribution in [0.3, 0.4) is 0 Å². The molecule has 0 aliphatic rings. The van der Waals surface area contributed by atoms with Crippen LogP contribution >= 0.6 is 0 Å². The lowest BCUT2D eigenvalue weighted by molar-refractivity contribution is 0.826.